The lowest BCUT2D eigenvalue weighted by atomic mass is 9.89. The highest BCUT2D eigenvalue weighted by Gasteiger charge is 2.24. The largest absolute Gasteiger partial charge is 0.456 e. The van der Waals surface area contributed by atoms with E-state index in [2.05, 4.69) is 6.58 Å². The van der Waals surface area contributed by atoms with Crippen LogP contribution in [0.15, 0.2) is 60.7 Å². The Morgan fingerprint density at radius 3 is 2.53 bits per heavy atom. The van der Waals surface area contributed by atoms with Gasteiger partial charge in [0.25, 0.3) is 0 Å². The van der Waals surface area contributed by atoms with Crippen molar-refractivity contribution in [2.75, 3.05) is 6.79 Å². The molecule has 1 heterocycles. The van der Waals surface area contributed by atoms with Gasteiger partial charge in [0.1, 0.15) is 11.5 Å². The van der Waals surface area contributed by atoms with Gasteiger partial charge in [-0.3, -0.25) is 4.79 Å². The molecule has 30 heavy (non-hydrogen) atoms. The fraction of sp³-hybridized carbons (Fsp3) is 0.120. The summed E-state index contributed by atoms with van der Waals surface area (Å²) in [5.74, 6) is 0.303. The molecule has 3 aromatic carbocycles. The van der Waals surface area contributed by atoms with Crippen LogP contribution in [0, 0.1) is 6.92 Å². The Labute approximate surface area is 173 Å². The molecule has 0 N–H and O–H groups in total. The molecule has 0 aromatic heterocycles. The van der Waals surface area contributed by atoms with E-state index >= 15 is 0 Å². The van der Waals surface area contributed by atoms with E-state index in [4.69, 9.17) is 14.2 Å². The maximum absolute atomic E-state index is 12.8. The van der Waals surface area contributed by atoms with Gasteiger partial charge in [0, 0.05) is 23.3 Å². The summed E-state index contributed by atoms with van der Waals surface area (Å²) in [4.78, 5) is 23.7. The quantitative estimate of drug-likeness (QED) is 0.388. The van der Waals surface area contributed by atoms with E-state index in [-0.39, 0.29) is 0 Å². The second-order valence-electron chi connectivity index (χ2n) is 7.04. The number of fused-ring (bicyclic) bond motifs is 2. The molecule has 0 spiro atoms. The van der Waals surface area contributed by atoms with Gasteiger partial charge in [-0.1, -0.05) is 49.0 Å². The van der Waals surface area contributed by atoms with E-state index in [0.717, 1.165) is 27.1 Å². The molecule has 0 amide bonds. The van der Waals surface area contributed by atoms with Crippen LogP contribution in [0.25, 0.3) is 12.2 Å². The lowest BCUT2D eigenvalue weighted by molar-refractivity contribution is -0.149. The first-order valence-electron chi connectivity index (χ1n) is 9.46. The molecule has 0 radical (unpaired) electrons. The molecular weight excluding hydrogens is 380 g/mol. The van der Waals surface area contributed by atoms with Gasteiger partial charge in [-0.05, 0) is 41.5 Å². The van der Waals surface area contributed by atoms with Gasteiger partial charge in [-0.2, -0.15) is 0 Å². The van der Waals surface area contributed by atoms with Crippen molar-refractivity contribution in [3.8, 4) is 11.5 Å². The second-order valence-corrected chi connectivity index (χ2v) is 7.04. The third-order valence-corrected chi connectivity index (χ3v) is 4.81. The molecule has 1 aliphatic heterocycles. The number of hydrogen-bond acceptors (Lipinski definition) is 5. The molecule has 1 aliphatic rings. The minimum atomic E-state index is -0.574. The van der Waals surface area contributed by atoms with Crippen molar-refractivity contribution in [3.05, 3.63) is 93.4 Å². The zero-order valence-electron chi connectivity index (χ0n) is 16.7. The molecular formula is C25H20O5. The van der Waals surface area contributed by atoms with Crippen LogP contribution in [0.2, 0.25) is 0 Å². The van der Waals surface area contributed by atoms with E-state index in [1.54, 1.807) is 12.1 Å². The van der Waals surface area contributed by atoms with Crippen LogP contribution in [-0.2, 0) is 14.3 Å². The number of benzene rings is 3. The average molecular weight is 400 g/mol. The van der Waals surface area contributed by atoms with Crippen LogP contribution in [0.4, 0.5) is 0 Å². The Hall–Kier alpha value is -3.86. The van der Waals surface area contributed by atoms with E-state index in [1.807, 2.05) is 55.5 Å². The lowest BCUT2D eigenvalue weighted by Crippen LogP contribution is -2.21. The highest BCUT2D eigenvalue weighted by atomic mass is 16.7. The van der Waals surface area contributed by atoms with Crippen LogP contribution in [0.1, 0.15) is 34.0 Å². The summed E-state index contributed by atoms with van der Waals surface area (Å²) in [7, 11) is 0. The van der Waals surface area contributed by atoms with Crippen molar-refractivity contribution in [2.45, 2.75) is 13.8 Å². The van der Waals surface area contributed by atoms with Crippen LogP contribution in [0.5, 0.6) is 11.5 Å². The Balaban J connectivity index is 1.91. The van der Waals surface area contributed by atoms with E-state index in [9.17, 15) is 9.59 Å². The summed E-state index contributed by atoms with van der Waals surface area (Å²) in [5, 5.41) is 1.69. The molecule has 0 bridgehead atoms. The van der Waals surface area contributed by atoms with Crippen molar-refractivity contribution < 1.29 is 23.8 Å². The molecule has 4 rings (SSSR count). The average Bonchev–Trinajstić information content (AvgIpc) is 2.71. The molecule has 0 saturated heterocycles. The zero-order chi connectivity index (χ0) is 21.3. The molecule has 3 aromatic rings. The third-order valence-electron chi connectivity index (χ3n) is 4.81. The van der Waals surface area contributed by atoms with Crippen LogP contribution < -0.4 is 15.2 Å². The SMILES string of the molecule is C=c1ccc2c(c1)Oc1cc(C)ccc1C=2c1ccccc1C(=O)OCOC(C)=O. The Morgan fingerprint density at radius 1 is 0.933 bits per heavy atom. The number of hydrogen-bond donors (Lipinski definition) is 0. The van der Waals surface area contributed by atoms with Crippen LogP contribution in [0.3, 0.4) is 0 Å². The monoisotopic (exact) mass is 400 g/mol. The standard InChI is InChI=1S/C25H20O5/c1-15-8-10-20-22(12-15)30-23-13-16(2)9-11-21(23)24(20)18-6-4-5-7-19(18)25(27)29-14-28-17(3)26/h4-13H,1,14H2,2-3H3. The predicted molar refractivity (Wildman–Crippen MR) is 113 cm³/mol. The van der Waals surface area contributed by atoms with E-state index < -0.39 is 18.7 Å². The number of esters is 2. The van der Waals surface area contributed by atoms with Gasteiger partial charge in [0.15, 0.2) is 0 Å². The first kappa shape index (κ1) is 19.5. The van der Waals surface area contributed by atoms with Gasteiger partial charge < -0.3 is 14.2 Å². The van der Waals surface area contributed by atoms with Crippen molar-refractivity contribution in [1.29, 1.82) is 0 Å². The Kier molecular flexibility index (Phi) is 5.11. The van der Waals surface area contributed by atoms with Crippen molar-refractivity contribution in [3.63, 3.8) is 0 Å². The maximum Gasteiger partial charge on any atom is 0.341 e. The topological polar surface area (TPSA) is 61.8 Å². The predicted octanol–water partition coefficient (Wildman–Crippen LogP) is 3.44. The molecule has 150 valence electrons. The number of carbonyl (C=O) groups excluding carboxylic acids is 2. The third kappa shape index (κ3) is 3.70. The lowest BCUT2D eigenvalue weighted by Gasteiger charge is -2.22. The minimum absolute atomic E-state index is 0.373. The molecule has 0 unspecified atom stereocenters. The molecule has 0 atom stereocenters. The molecule has 0 aliphatic carbocycles. The summed E-state index contributed by atoms with van der Waals surface area (Å²) in [6.45, 7) is 6.81. The highest BCUT2D eigenvalue weighted by Crippen LogP contribution is 2.37. The zero-order valence-corrected chi connectivity index (χ0v) is 16.7. The fourth-order valence-corrected chi connectivity index (χ4v) is 3.45. The van der Waals surface area contributed by atoms with E-state index in [0.29, 0.717) is 22.6 Å². The summed E-state index contributed by atoms with van der Waals surface area (Å²) >= 11 is 0. The number of aryl methyl sites for hydroxylation is 1. The molecule has 5 heteroatoms. The summed E-state index contributed by atoms with van der Waals surface area (Å²) in [6, 6.07) is 18.9. The first-order chi connectivity index (χ1) is 14.4. The summed E-state index contributed by atoms with van der Waals surface area (Å²) in [5.41, 5.74) is 3.89. The van der Waals surface area contributed by atoms with Crippen LogP contribution >= 0.6 is 0 Å². The highest BCUT2D eigenvalue weighted by molar-refractivity contribution is 5.99. The smallest absolute Gasteiger partial charge is 0.341 e. The van der Waals surface area contributed by atoms with Gasteiger partial charge in [0.05, 0.1) is 5.56 Å². The van der Waals surface area contributed by atoms with Gasteiger partial charge in [-0.15, -0.1) is 0 Å². The minimum Gasteiger partial charge on any atom is -0.456 e. The maximum atomic E-state index is 12.8. The van der Waals surface area contributed by atoms with Crippen LogP contribution in [-0.4, -0.2) is 18.7 Å². The Morgan fingerprint density at radius 2 is 1.73 bits per heavy atom. The number of rotatable bonds is 4. The van der Waals surface area contributed by atoms with Crippen molar-refractivity contribution in [2.24, 2.45) is 0 Å². The fourth-order valence-electron chi connectivity index (χ4n) is 3.45. The van der Waals surface area contributed by atoms with Crippen molar-refractivity contribution in [1.82, 2.24) is 0 Å². The van der Waals surface area contributed by atoms with Gasteiger partial charge in [0.2, 0.25) is 6.79 Å². The second kappa shape index (κ2) is 7.87. The molecule has 0 fully saturated rings. The van der Waals surface area contributed by atoms with Gasteiger partial charge >= 0.3 is 11.9 Å². The summed E-state index contributed by atoms with van der Waals surface area (Å²) in [6.07, 6.45) is 0. The first-order valence-corrected chi connectivity index (χ1v) is 9.46. The normalized spacial score (nSPS) is 11.7. The summed E-state index contributed by atoms with van der Waals surface area (Å²) < 4.78 is 16.0. The molecule has 5 nitrogen and oxygen atoms in total. The van der Waals surface area contributed by atoms with E-state index in [1.165, 1.54) is 6.92 Å². The molecule has 0 saturated carbocycles. The number of carbonyl (C=O) groups is 2. The van der Waals surface area contributed by atoms with Gasteiger partial charge in [-0.25, -0.2) is 4.79 Å². The van der Waals surface area contributed by atoms with Crippen molar-refractivity contribution >= 4 is 24.1 Å². The Bertz CT molecular complexity index is 1270. The number of ether oxygens (including phenoxy) is 3.